The second-order valence-electron chi connectivity index (χ2n) is 7.90. The van der Waals surface area contributed by atoms with Gasteiger partial charge in [-0.15, -0.1) is 0 Å². The third kappa shape index (κ3) is 4.77. The number of aliphatic carboxylic acids is 1. The second kappa shape index (κ2) is 9.85. The van der Waals surface area contributed by atoms with Crippen molar-refractivity contribution in [1.82, 2.24) is 0 Å². The molecule has 0 aliphatic carbocycles. The van der Waals surface area contributed by atoms with Crippen molar-refractivity contribution in [2.24, 2.45) is 5.92 Å². The van der Waals surface area contributed by atoms with Gasteiger partial charge in [-0.3, -0.25) is 4.79 Å². The van der Waals surface area contributed by atoms with Gasteiger partial charge in [-0.05, 0) is 35.7 Å². The van der Waals surface area contributed by atoms with Crippen LogP contribution in [0.15, 0.2) is 72.8 Å². The van der Waals surface area contributed by atoms with E-state index in [-0.39, 0.29) is 23.8 Å². The number of rotatable bonds is 7. The van der Waals surface area contributed by atoms with Gasteiger partial charge in [-0.2, -0.15) is 0 Å². The highest BCUT2D eigenvalue weighted by atomic mass is 16.7. The normalized spacial score (nSPS) is 21.2. The molecular formula is C26H26O6. The van der Waals surface area contributed by atoms with Gasteiger partial charge in [0.15, 0.2) is 6.29 Å². The topological polar surface area (TPSA) is 96.2 Å². The lowest BCUT2D eigenvalue weighted by Gasteiger charge is -2.37. The lowest BCUT2D eigenvalue weighted by atomic mass is 9.91. The maximum atomic E-state index is 10.7. The van der Waals surface area contributed by atoms with Gasteiger partial charge in [0.05, 0.1) is 18.3 Å². The molecule has 0 bridgehead atoms. The molecule has 1 saturated heterocycles. The van der Waals surface area contributed by atoms with Crippen LogP contribution in [0.4, 0.5) is 0 Å². The molecule has 6 nitrogen and oxygen atoms in total. The van der Waals surface area contributed by atoms with Crippen molar-refractivity contribution in [2.75, 3.05) is 6.61 Å². The Balaban J connectivity index is 1.62. The zero-order chi connectivity index (χ0) is 22.5. The number of ether oxygens (including phenoxy) is 2. The smallest absolute Gasteiger partial charge is 0.303 e. The van der Waals surface area contributed by atoms with Crippen LogP contribution in [0.25, 0.3) is 10.8 Å². The number of phenolic OH excluding ortho intramolecular Hbond substituents is 2. The van der Waals surface area contributed by atoms with E-state index in [2.05, 4.69) is 0 Å². The van der Waals surface area contributed by atoms with Crippen molar-refractivity contribution in [1.29, 1.82) is 0 Å². The molecule has 4 rings (SSSR count). The van der Waals surface area contributed by atoms with Crippen molar-refractivity contribution in [3.8, 4) is 11.5 Å². The summed E-state index contributed by atoms with van der Waals surface area (Å²) < 4.78 is 12.4. The van der Waals surface area contributed by atoms with E-state index >= 15 is 0 Å². The summed E-state index contributed by atoms with van der Waals surface area (Å²) in [4.78, 5) is 10.7. The standard InChI is InChI=1S/C26H26O6/c27-21-12-7-6-11-20(21)25-18(9-2-1-3-13-23(29)30)16-31-26(32-25)24-19-10-5-4-8-17(19)14-15-22(24)28/h1-2,4-8,10-12,14-15,18,25-28H,3,9,13,16H2,(H,29,30)/b2-1-. The van der Waals surface area contributed by atoms with Gasteiger partial charge in [-0.25, -0.2) is 0 Å². The van der Waals surface area contributed by atoms with E-state index in [1.165, 1.54) is 0 Å². The van der Waals surface area contributed by atoms with E-state index in [4.69, 9.17) is 14.6 Å². The Morgan fingerprint density at radius 3 is 2.56 bits per heavy atom. The summed E-state index contributed by atoms with van der Waals surface area (Å²) >= 11 is 0. The molecule has 3 aromatic rings. The zero-order valence-electron chi connectivity index (χ0n) is 17.6. The predicted molar refractivity (Wildman–Crippen MR) is 120 cm³/mol. The highest BCUT2D eigenvalue weighted by molar-refractivity contribution is 5.87. The molecule has 1 heterocycles. The Bertz CT molecular complexity index is 1120. The lowest BCUT2D eigenvalue weighted by Crippen LogP contribution is -2.30. The van der Waals surface area contributed by atoms with E-state index in [1.807, 2.05) is 54.6 Å². The van der Waals surface area contributed by atoms with E-state index < -0.39 is 18.4 Å². The first-order valence-electron chi connectivity index (χ1n) is 10.7. The number of phenols is 2. The minimum atomic E-state index is -0.830. The van der Waals surface area contributed by atoms with Crippen molar-refractivity contribution in [3.05, 3.63) is 83.9 Å². The number of benzene rings is 3. The zero-order valence-corrected chi connectivity index (χ0v) is 17.6. The van der Waals surface area contributed by atoms with Crippen molar-refractivity contribution in [3.63, 3.8) is 0 Å². The first-order chi connectivity index (χ1) is 15.5. The third-order valence-electron chi connectivity index (χ3n) is 5.72. The number of fused-ring (bicyclic) bond motifs is 1. The van der Waals surface area contributed by atoms with Crippen molar-refractivity contribution >= 4 is 16.7 Å². The summed E-state index contributed by atoms with van der Waals surface area (Å²) in [6.07, 6.45) is 3.67. The quantitative estimate of drug-likeness (QED) is 0.427. The van der Waals surface area contributed by atoms with Crippen LogP contribution < -0.4 is 0 Å². The average molecular weight is 434 g/mol. The number of hydrogen-bond donors (Lipinski definition) is 3. The van der Waals surface area contributed by atoms with Gasteiger partial charge in [0.2, 0.25) is 0 Å². The van der Waals surface area contributed by atoms with Crippen LogP contribution >= 0.6 is 0 Å². The summed E-state index contributed by atoms with van der Waals surface area (Å²) in [6.45, 7) is 0.357. The first-order valence-corrected chi connectivity index (χ1v) is 10.7. The Hall–Kier alpha value is -3.35. The van der Waals surface area contributed by atoms with Crippen LogP contribution in [0, 0.1) is 5.92 Å². The van der Waals surface area contributed by atoms with Crippen LogP contribution in [-0.4, -0.2) is 27.9 Å². The molecule has 3 aromatic carbocycles. The fourth-order valence-corrected chi connectivity index (χ4v) is 4.11. The summed E-state index contributed by atoms with van der Waals surface area (Å²) in [5, 5.41) is 31.7. The summed E-state index contributed by atoms with van der Waals surface area (Å²) in [7, 11) is 0. The molecule has 1 fully saturated rings. The number of para-hydroxylation sites is 1. The molecule has 1 aliphatic heterocycles. The predicted octanol–water partition coefficient (Wildman–Crippen LogP) is 5.47. The Morgan fingerprint density at radius 2 is 1.75 bits per heavy atom. The van der Waals surface area contributed by atoms with Gasteiger partial charge >= 0.3 is 5.97 Å². The number of carboxylic acid groups (broad SMARTS) is 1. The SMILES string of the molecule is O=C(O)CC/C=C\CC1COC(c2c(O)ccc3ccccc23)OC1c1ccccc1O. The van der Waals surface area contributed by atoms with Gasteiger partial charge in [-0.1, -0.05) is 60.7 Å². The molecular weight excluding hydrogens is 408 g/mol. The number of carboxylic acids is 1. The maximum absolute atomic E-state index is 10.7. The maximum Gasteiger partial charge on any atom is 0.303 e. The molecule has 0 aromatic heterocycles. The summed E-state index contributed by atoms with van der Waals surface area (Å²) in [5.74, 6) is -0.682. The average Bonchev–Trinajstić information content (AvgIpc) is 2.79. The van der Waals surface area contributed by atoms with Crippen LogP contribution in [0.1, 0.15) is 42.8 Å². The first kappa shape index (κ1) is 21.9. The van der Waals surface area contributed by atoms with Crippen LogP contribution in [-0.2, 0) is 14.3 Å². The van der Waals surface area contributed by atoms with Crippen molar-refractivity contribution < 1.29 is 29.6 Å². The summed E-state index contributed by atoms with van der Waals surface area (Å²) in [6, 6.07) is 18.3. The number of carbonyl (C=O) groups is 1. The van der Waals surface area contributed by atoms with Crippen LogP contribution in [0.3, 0.4) is 0 Å². The molecule has 0 saturated carbocycles. The number of hydrogen-bond acceptors (Lipinski definition) is 5. The highest BCUT2D eigenvalue weighted by Gasteiger charge is 2.36. The van der Waals surface area contributed by atoms with E-state index in [0.29, 0.717) is 30.6 Å². The molecule has 3 unspecified atom stereocenters. The second-order valence-corrected chi connectivity index (χ2v) is 7.90. The third-order valence-corrected chi connectivity index (χ3v) is 5.72. The van der Waals surface area contributed by atoms with Crippen LogP contribution in [0.2, 0.25) is 0 Å². The minimum absolute atomic E-state index is 0.0828. The Morgan fingerprint density at radius 1 is 0.969 bits per heavy atom. The molecule has 3 N–H and O–H groups in total. The van der Waals surface area contributed by atoms with Gasteiger partial charge in [0, 0.05) is 17.9 Å². The molecule has 6 heteroatoms. The molecule has 0 radical (unpaired) electrons. The fraction of sp³-hybridized carbons (Fsp3) is 0.269. The molecule has 0 amide bonds. The van der Waals surface area contributed by atoms with Gasteiger partial charge in [0.1, 0.15) is 11.5 Å². The minimum Gasteiger partial charge on any atom is -0.508 e. The number of allylic oxidation sites excluding steroid dienone is 2. The van der Waals surface area contributed by atoms with E-state index in [0.717, 1.165) is 10.8 Å². The molecule has 166 valence electrons. The van der Waals surface area contributed by atoms with Gasteiger partial charge in [0.25, 0.3) is 0 Å². The Labute approximate surface area is 186 Å². The summed E-state index contributed by atoms with van der Waals surface area (Å²) in [5.41, 5.74) is 1.23. The van der Waals surface area contributed by atoms with Crippen LogP contribution in [0.5, 0.6) is 11.5 Å². The van der Waals surface area contributed by atoms with E-state index in [9.17, 15) is 15.0 Å². The monoisotopic (exact) mass is 434 g/mol. The largest absolute Gasteiger partial charge is 0.508 e. The molecule has 32 heavy (non-hydrogen) atoms. The Kier molecular flexibility index (Phi) is 6.73. The highest BCUT2D eigenvalue weighted by Crippen LogP contribution is 2.45. The molecule has 1 aliphatic rings. The van der Waals surface area contributed by atoms with E-state index in [1.54, 1.807) is 18.2 Å². The molecule has 0 spiro atoms. The fourth-order valence-electron chi connectivity index (χ4n) is 4.11. The van der Waals surface area contributed by atoms with Gasteiger partial charge < -0.3 is 24.8 Å². The van der Waals surface area contributed by atoms with Crippen molar-refractivity contribution in [2.45, 2.75) is 31.7 Å². The lowest BCUT2D eigenvalue weighted by molar-refractivity contribution is -0.244. The number of aromatic hydroxyl groups is 2. The molecule has 3 atom stereocenters.